The minimum Gasteiger partial charge on any atom is -0.478 e. The molecule has 23 heavy (non-hydrogen) atoms. The molecule has 1 amide bonds. The summed E-state index contributed by atoms with van der Waals surface area (Å²) >= 11 is 0. The number of aromatic carboxylic acids is 1. The molecular formula is C16H19NO5S. The van der Waals surface area contributed by atoms with Crippen molar-refractivity contribution in [2.24, 2.45) is 0 Å². The topological polar surface area (TPSA) is 91.8 Å². The molecule has 1 aromatic carbocycles. The molecule has 7 heteroatoms. The predicted molar refractivity (Wildman–Crippen MR) is 84.3 cm³/mol. The van der Waals surface area contributed by atoms with Crippen molar-refractivity contribution < 1.29 is 23.1 Å². The summed E-state index contributed by atoms with van der Waals surface area (Å²) in [6, 6.07) is 5.79. The molecule has 1 aromatic rings. The van der Waals surface area contributed by atoms with E-state index in [1.54, 1.807) is 4.90 Å². The Morgan fingerprint density at radius 1 is 1.04 bits per heavy atom. The van der Waals surface area contributed by atoms with Crippen molar-refractivity contribution in [2.75, 3.05) is 18.1 Å². The molecule has 0 bridgehead atoms. The van der Waals surface area contributed by atoms with Crippen LogP contribution in [0.25, 0.3) is 0 Å². The second kappa shape index (κ2) is 5.63. The fourth-order valence-electron chi connectivity index (χ4n) is 3.75. The van der Waals surface area contributed by atoms with E-state index in [9.17, 15) is 18.0 Å². The third-order valence-electron chi connectivity index (χ3n) is 4.81. The lowest BCUT2D eigenvalue weighted by atomic mass is 9.91. The van der Waals surface area contributed by atoms with Gasteiger partial charge >= 0.3 is 5.97 Å². The Balaban J connectivity index is 1.87. The number of rotatable bonds is 2. The largest absolute Gasteiger partial charge is 0.478 e. The van der Waals surface area contributed by atoms with Crippen LogP contribution in [-0.2, 0) is 9.84 Å². The SMILES string of the molecule is O=C(O)c1ccc(C(=O)N2CCCC23CCCS(=O)(=O)C3)cc1. The van der Waals surface area contributed by atoms with Gasteiger partial charge in [0.2, 0.25) is 0 Å². The van der Waals surface area contributed by atoms with E-state index in [0.29, 0.717) is 31.4 Å². The average molecular weight is 337 g/mol. The van der Waals surface area contributed by atoms with Crippen LogP contribution in [0.3, 0.4) is 0 Å². The van der Waals surface area contributed by atoms with Gasteiger partial charge in [-0.1, -0.05) is 0 Å². The molecule has 1 unspecified atom stereocenters. The molecule has 0 aromatic heterocycles. The third-order valence-corrected chi connectivity index (χ3v) is 6.69. The summed E-state index contributed by atoms with van der Waals surface area (Å²) < 4.78 is 24.1. The Labute approximate surface area is 135 Å². The second-order valence-corrected chi connectivity index (χ2v) is 8.55. The van der Waals surface area contributed by atoms with E-state index >= 15 is 0 Å². The van der Waals surface area contributed by atoms with Crippen LogP contribution in [-0.4, -0.2) is 53.9 Å². The summed E-state index contributed by atoms with van der Waals surface area (Å²) in [6.45, 7) is 0.551. The number of nitrogens with zero attached hydrogens (tertiary/aromatic N) is 1. The average Bonchev–Trinajstić information content (AvgIpc) is 2.88. The van der Waals surface area contributed by atoms with Crippen LogP contribution < -0.4 is 0 Å². The molecule has 2 aliphatic rings. The van der Waals surface area contributed by atoms with Crippen molar-refractivity contribution in [3.63, 3.8) is 0 Å². The molecule has 2 saturated heterocycles. The van der Waals surface area contributed by atoms with E-state index in [4.69, 9.17) is 5.11 Å². The van der Waals surface area contributed by atoms with E-state index in [1.807, 2.05) is 0 Å². The van der Waals surface area contributed by atoms with Gasteiger partial charge in [-0.15, -0.1) is 0 Å². The number of carbonyl (C=O) groups excluding carboxylic acids is 1. The number of hydrogen-bond acceptors (Lipinski definition) is 4. The number of benzene rings is 1. The molecule has 124 valence electrons. The first-order valence-corrected chi connectivity index (χ1v) is 9.51. The van der Waals surface area contributed by atoms with Crippen LogP contribution in [0.2, 0.25) is 0 Å². The highest BCUT2D eigenvalue weighted by Crippen LogP contribution is 2.39. The summed E-state index contributed by atoms with van der Waals surface area (Å²) in [4.78, 5) is 25.4. The molecule has 0 saturated carbocycles. The molecule has 0 aliphatic carbocycles. The highest BCUT2D eigenvalue weighted by atomic mass is 32.2. The first-order chi connectivity index (χ1) is 10.8. The molecule has 2 aliphatic heterocycles. The Hall–Kier alpha value is -1.89. The van der Waals surface area contributed by atoms with Gasteiger partial charge in [0.25, 0.3) is 5.91 Å². The number of amides is 1. The van der Waals surface area contributed by atoms with E-state index in [1.165, 1.54) is 24.3 Å². The van der Waals surface area contributed by atoms with Gasteiger partial charge in [-0.05, 0) is 49.9 Å². The van der Waals surface area contributed by atoms with Gasteiger partial charge in [-0.25, -0.2) is 13.2 Å². The number of carbonyl (C=O) groups is 2. The van der Waals surface area contributed by atoms with Crippen LogP contribution in [0.4, 0.5) is 0 Å². The lowest BCUT2D eigenvalue weighted by molar-refractivity contribution is 0.0605. The summed E-state index contributed by atoms with van der Waals surface area (Å²) in [5, 5.41) is 8.92. The molecule has 6 nitrogen and oxygen atoms in total. The van der Waals surface area contributed by atoms with Gasteiger partial charge in [0.15, 0.2) is 9.84 Å². The Morgan fingerprint density at radius 3 is 2.26 bits per heavy atom. The molecule has 1 atom stereocenters. The minimum absolute atomic E-state index is 0.0406. The molecule has 2 fully saturated rings. The maximum Gasteiger partial charge on any atom is 0.335 e. The van der Waals surface area contributed by atoms with Crippen LogP contribution in [0, 0.1) is 0 Å². The highest BCUT2D eigenvalue weighted by Gasteiger charge is 2.48. The van der Waals surface area contributed by atoms with Gasteiger partial charge in [0.05, 0.1) is 22.6 Å². The standard InChI is InChI=1S/C16H19NO5S/c18-14(12-3-5-13(6-4-12)15(19)20)17-9-1-7-16(17)8-2-10-23(21,22)11-16/h3-6H,1-2,7-11H2,(H,19,20). The normalized spacial score (nSPS) is 26.3. The smallest absolute Gasteiger partial charge is 0.335 e. The maximum absolute atomic E-state index is 12.8. The van der Waals surface area contributed by atoms with Crippen LogP contribution in [0.15, 0.2) is 24.3 Å². The minimum atomic E-state index is -3.11. The molecular weight excluding hydrogens is 318 g/mol. The summed E-state index contributed by atoms with van der Waals surface area (Å²) in [7, 11) is -3.11. The van der Waals surface area contributed by atoms with Gasteiger partial charge in [-0.3, -0.25) is 4.79 Å². The lowest BCUT2D eigenvalue weighted by Crippen LogP contribution is -2.54. The lowest BCUT2D eigenvalue weighted by Gasteiger charge is -2.41. The van der Waals surface area contributed by atoms with E-state index < -0.39 is 21.3 Å². The van der Waals surface area contributed by atoms with Crippen molar-refractivity contribution in [2.45, 2.75) is 31.2 Å². The molecule has 2 heterocycles. The van der Waals surface area contributed by atoms with Crippen molar-refractivity contribution in [3.8, 4) is 0 Å². The first-order valence-electron chi connectivity index (χ1n) is 7.69. The number of sulfone groups is 1. The fourth-order valence-corrected chi connectivity index (χ4v) is 5.74. The summed E-state index contributed by atoms with van der Waals surface area (Å²) in [5.41, 5.74) is -0.0585. The van der Waals surface area contributed by atoms with Crippen LogP contribution >= 0.6 is 0 Å². The maximum atomic E-state index is 12.8. The number of likely N-dealkylation sites (tertiary alicyclic amines) is 1. The molecule has 1 N–H and O–H groups in total. The van der Waals surface area contributed by atoms with Crippen LogP contribution in [0.1, 0.15) is 46.4 Å². The van der Waals surface area contributed by atoms with Crippen molar-refractivity contribution in [3.05, 3.63) is 35.4 Å². The van der Waals surface area contributed by atoms with Gasteiger partial charge in [0.1, 0.15) is 0 Å². The predicted octanol–water partition coefficient (Wildman–Crippen LogP) is 1.57. The Bertz CT molecular complexity index is 740. The number of carboxylic acids is 1. The summed E-state index contributed by atoms with van der Waals surface area (Å²) in [6.07, 6.45) is 2.81. The first kappa shape index (κ1) is 16.0. The van der Waals surface area contributed by atoms with Crippen LogP contribution in [0.5, 0.6) is 0 Å². The van der Waals surface area contributed by atoms with E-state index in [-0.39, 0.29) is 23.0 Å². The van der Waals surface area contributed by atoms with E-state index in [2.05, 4.69) is 0 Å². The number of carboxylic acid groups (broad SMARTS) is 1. The fraction of sp³-hybridized carbons (Fsp3) is 0.500. The van der Waals surface area contributed by atoms with Crippen molar-refractivity contribution in [1.82, 2.24) is 4.90 Å². The Morgan fingerprint density at radius 2 is 1.65 bits per heavy atom. The molecule has 1 spiro atoms. The zero-order valence-corrected chi connectivity index (χ0v) is 13.5. The quantitative estimate of drug-likeness (QED) is 0.884. The zero-order chi connectivity index (χ0) is 16.7. The van der Waals surface area contributed by atoms with Crippen molar-refractivity contribution >= 4 is 21.7 Å². The number of hydrogen-bond donors (Lipinski definition) is 1. The highest BCUT2D eigenvalue weighted by molar-refractivity contribution is 7.91. The third kappa shape index (κ3) is 2.97. The molecule has 0 radical (unpaired) electrons. The summed E-state index contributed by atoms with van der Waals surface area (Å²) in [5.74, 6) is -1.01. The monoisotopic (exact) mass is 337 g/mol. The van der Waals surface area contributed by atoms with Gasteiger partial charge in [-0.2, -0.15) is 0 Å². The Kier molecular flexibility index (Phi) is 3.91. The van der Waals surface area contributed by atoms with Gasteiger partial charge in [0, 0.05) is 12.1 Å². The zero-order valence-electron chi connectivity index (χ0n) is 12.7. The van der Waals surface area contributed by atoms with Gasteiger partial charge < -0.3 is 10.0 Å². The molecule has 3 rings (SSSR count). The van der Waals surface area contributed by atoms with Crippen molar-refractivity contribution in [1.29, 1.82) is 0 Å². The second-order valence-electron chi connectivity index (χ2n) is 6.36. The van der Waals surface area contributed by atoms with E-state index in [0.717, 1.165) is 6.42 Å².